The highest BCUT2D eigenvalue weighted by atomic mass is 35.5. The molecular weight excluding hydrogens is 433 g/mol. The second-order valence-electron chi connectivity index (χ2n) is 6.10. The number of hydrogen-bond donors (Lipinski definition) is 6. The maximum atomic E-state index is 11.3. The van der Waals surface area contributed by atoms with Crippen LogP contribution in [0.1, 0.15) is 48.7 Å². The van der Waals surface area contributed by atoms with E-state index in [0.717, 1.165) is 18.4 Å². The Morgan fingerprint density at radius 3 is 2.33 bits per heavy atom. The van der Waals surface area contributed by atoms with Crippen LogP contribution in [0.4, 0.5) is 11.6 Å². The molecule has 12 heteroatoms. The number of rotatable bonds is 6. The number of nitrogens with zero attached hydrogens (tertiary/aromatic N) is 3. The predicted molar refractivity (Wildman–Crippen MR) is 121 cm³/mol. The number of phenols is 2. The zero-order valence-corrected chi connectivity index (χ0v) is 18.1. The minimum atomic E-state index is -0.832. The lowest BCUT2D eigenvalue weighted by atomic mass is 10.1. The number of nitrogen functional groups attached to an aromatic ring is 2. The number of carbonyl (C=O) groups excluding carboxylic acids is 1. The summed E-state index contributed by atoms with van der Waals surface area (Å²) in [5.74, 6) is -1.17. The van der Waals surface area contributed by atoms with Crippen molar-refractivity contribution in [3.8, 4) is 11.5 Å². The van der Waals surface area contributed by atoms with Gasteiger partial charge in [-0.3, -0.25) is 4.79 Å². The van der Waals surface area contributed by atoms with Crippen molar-refractivity contribution in [1.82, 2.24) is 9.97 Å². The Balaban J connectivity index is 0.000000544. The van der Waals surface area contributed by atoms with Gasteiger partial charge in [0.25, 0.3) is 0 Å². The number of aromatic nitrogens is 2. The van der Waals surface area contributed by atoms with E-state index in [4.69, 9.17) is 39.6 Å². The van der Waals surface area contributed by atoms with E-state index >= 15 is 0 Å². The van der Waals surface area contributed by atoms with Crippen molar-refractivity contribution in [3.63, 3.8) is 0 Å². The molecular formula is C18H27Cl2N7O3. The van der Waals surface area contributed by atoms with Crippen LogP contribution < -0.4 is 22.9 Å². The van der Waals surface area contributed by atoms with Gasteiger partial charge in [-0.15, -0.1) is 12.4 Å². The molecule has 10 nitrogen and oxygen atoms in total. The van der Waals surface area contributed by atoms with E-state index in [0.29, 0.717) is 0 Å². The van der Waals surface area contributed by atoms with E-state index < -0.39 is 11.9 Å². The Morgan fingerprint density at radius 2 is 1.77 bits per heavy atom. The molecule has 0 fully saturated rings. The Kier molecular flexibility index (Phi) is 12.0. The third-order valence-electron chi connectivity index (χ3n) is 3.71. The minimum absolute atomic E-state index is 0. The monoisotopic (exact) mass is 459 g/mol. The summed E-state index contributed by atoms with van der Waals surface area (Å²) in [7, 11) is 0. The van der Waals surface area contributed by atoms with Gasteiger partial charge in [-0.2, -0.15) is 4.99 Å². The van der Waals surface area contributed by atoms with Gasteiger partial charge in [-0.1, -0.05) is 43.9 Å². The molecule has 166 valence electrons. The van der Waals surface area contributed by atoms with E-state index in [2.05, 4.69) is 21.9 Å². The first-order chi connectivity index (χ1) is 13.6. The lowest BCUT2D eigenvalue weighted by Gasteiger charge is -2.04. The number of hydrogen-bond acceptors (Lipinski definition) is 7. The summed E-state index contributed by atoms with van der Waals surface area (Å²) < 4.78 is 0. The summed E-state index contributed by atoms with van der Waals surface area (Å²) in [5.41, 5.74) is 21.4. The van der Waals surface area contributed by atoms with Crippen molar-refractivity contribution in [2.75, 3.05) is 11.5 Å². The van der Waals surface area contributed by atoms with Crippen LogP contribution in [0.25, 0.3) is 0 Å². The van der Waals surface area contributed by atoms with Crippen LogP contribution in [0.5, 0.6) is 11.5 Å². The van der Waals surface area contributed by atoms with E-state index in [-0.39, 0.29) is 46.4 Å². The van der Waals surface area contributed by atoms with E-state index in [1.54, 1.807) is 12.1 Å². The van der Waals surface area contributed by atoms with Gasteiger partial charge in [0.15, 0.2) is 28.4 Å². The molecule has 1 aromatic carbocycles. The molecule has 2 aromatic rings. The molecule has 0 atom stereocenters. The summed E-state index contributed by atoms with van der Waals surface area (Å²) in [6.07, 6.45) is 5.68. The van der Waals surface area contributed by atoms with Gasteiger partial charge in [-0.05, 0) is 24.5 Å². The number of aryl methyl sites for hydroxylation is 1. The second kappa shape index (κ2) is 13.3. The number of nitrogens with two attached hydrogens (primary N) is 4. The Morgan fingerprint density at radius 1 is 1.10 bits per heavy atom. The SMILES string of the molecule is CCCCCCc1ccc(O)cc1O.Cl.NC(N)=NC(=O)c1nc(Cl)c(N)nc1N. The Labute approximate surface area is 185 Å². The minimum Gasteiger partial charge on any atom is -0.508 e. The highest BCUT2D eigenvalue weighted by Gasteiger charge is 2.15. The van der Waals surface area contributed by atoms with Crippen molar-refractivity contribution < 1.29 is 15.0 Å². The molecule has 2 rings (SSSR count). The normalized spacial score (nSPS) is 9.67. The lowest BCUT2D eigenvalue weighted by molar-refractivity contribution is 0.0998. The number of unbranched alkanes of at least 4 members (excludes halogenated alkanes) is 3. The molecule has 0 radical (unpaired) electrons. The van der Waals surface area contributed by atoms with Gasteiger partial charge in [-0.25, -0.2) is 9.97 Å². The molecule has 0 spiro atoms. The highest BCUT2D eigenvalue weighted by Crippen LogP contribution is 2.24. The van der Waals surface area contributed by atoms with Gasteiger partial charge in [0.1, 0.15) is 11.5 Å². The van der Waals surface area contributed by atoms with Crippen LogP contribution in [0.15, 0.2) is 23.2 Å². The van der Waals surface area contributed by atoms with Gasteiger partial charge in [0, 0.05) is 6.07 Å². The number of aromatic hydroxyl groups is 2. The van der Waals surface area contributed by atoms with E-state index in [1.165, 1.54) is 25.3 Å². The number of aliphatic imine (C=N–C) groups is 1. The zero-order valence-electron chi connectivity index (χ0n) is 16.5. The standard InChI is InChI=1S/C12H18O2.C6H8ClN7O.ClH/c1-2-3-4-5-6-10-7-8-11(13)9-12(10)14;7-2-4(9)13-3(8)1(12-2)5(15)14-6(10)11;/h7-9,13-14H,2-6H2,1H3;(H4,8,9,13)(H4,10,11,14,15);1H. The summed E-state index contributed by atoms with van der Waals surface area (Å²) in [5, 5.41) is 18.4. The van der Waals surface area contributed by atoms with Gasteiger partial charge >= 0.3 is 5.91 Å². The number of phenolic OH excluding ortho intramolecular Hbond substituents is 2. The quantitative estimate of drug-likeness (QED) is 0.213. The van der Waals surface area contributed by atoms with Crippen molar-refractivity contribution in [2.45, 2.75) is 39.0 Å². The summed E-state index contributed by atoms with van der Waals surface area (Å²) in [6.45, 7) is 2.18. The fourth-order valence-corrected chi connectivity index (χ4v) is 2.40. The highest BCUT2D eigenvalue weighted by molar-refractivity contribution is 6.31. The van der Waals surface area contributed by atoms with E-state index in [1.807, 2.05) is 0 Å². The first kappa shape index (κ1) is 27.0. The van der Waals surface area contributed by atoms with Crippen LogP contribution >= 0.6 is 24.0 Å². The van der Waals surface area contributed by atoms with Crippen LogP contribution in [-0.2, 0) is 6.42 Å². The molecule has 0 saturated carbocycles. The molecule has 0 aliphatic heterocycles. The zero-order chi connectivity index (χ0) is 22.0. The van der Waals surface area contributed by atoms with Crippen LogP contribution in [0.3, 0.4) is 0 Å². The van der Waals surface area contributed by atoms with Gasteiger partial charge in [0.05, 0.1) is 0 Å². The lowest BCUT2D eigenvalue weighted by Crippen LogP contribution is -2.24. The van der Waals surface area contributed by atoms with Crippen LogP contribution in [0.2, 0.25) is 5.15 Å². The molecule has 1 amide bonds. The van der Waals surface area contributed by atoms with Crippen molar-refractivity contribution >= 4 is 47.5 Å². The summed E-state index contributed by atoms with van der Waals surface area (Å²) >= 11 is 5.55. The summed E-state index contributed by atoms with van der Waals surface area (Å²) in [6, 6.07) is 4.81. The molecule has 10 N–H and O–H groups in total. The number of guanidine groups is 1. The maximum absolute atomic E-state index is 11.3. The number of amides is 1. The molecule has 0 saturated heterocycles. The topological polar surface area (TPSA) is 200 Å². The Bertz CT molecular complexity index is 875. The average Bonchev–Trinajstić information content (AvgIpc) is 2.63. The Hall–Kier alpha value is -2.98. The smallest absolute Gasteiger partial charge is 0.302 e. The molecule has 1 heterocycles. The third-order valence-corrected chi connectivity index (χ3v) is 3.98. The maximum Gasteiger partial charge on any atom is 0.302 e. The van der Waals surface area contributed by atoms with Crippen molar-refractivity contribution in [1.29, 1.82) is 0 Å². The van der Waals surface area contributed by atoms with Gasteiger partial charge in [0.2, 0.25) is 0 Å². The molecule has 0 aliphatic carbocycles. The van der Waals surface area contributed by atoms with Crippen LogP contribution in [0, 0.1) is 0 Å². The van der Waals surface area contributed by atoms with Crippen molar-refractivity contribution in [2.24, 2.45) is 16.5 Å². The largest absolute Gasteiger partial charge is 0.508 e. The van der Waals surface area contributed by atoms with Crippen molar-refractivity contribution in [3.05, 3.63) is 34.6 Å². The van der Waals surface area contributed by atoms with E-state index in [9.17, 15) is 9.90 Å². The predicted octanol–water partition coefficient (Wildman–Crippen LogP) is 2.35. The number of anilines is 2. The molecule has 1 aromatic heterocycles. The number of carbonyl (C=O) groups is 1. The molecule has 0 aliphatic rings. The first-order valence-electron chi connectivity index (χ1n) is 8.89. The fraction of sp³-hybridized carbons (Fsp3) is 0.333. The average molecular weight is 460 g/mol. The van der Waals surface area contributed by atoms with Crippen LogP contribution in [-0.4, -0.2) is 32.0 Å². The second-order valence-corrected chi connectivity index (χ2v) is 6.46. The fourth-order valence-electron chi connectivity index (χ4n) is 2.28. The number of benzene rings is 1. The van der Waals surface area contributed by atoms with Gasteiger partial charge < -0.3 is 33.1 Å². The summed E-state index contributed by atoms with van der Waals surface area (Å²) in [4.78, 5) is 21.7. The molecule has 0 bridgehead atoms. The molecule has 0 unspecified atom stereocenters. The number of halogens is 2. The molecule has 30 heavy (non-hydrogen) atoms. The third kappa shape index (κ3) is 9.01. The first-order valence-corrected chi connectivity index (χ1v) is 9.26.